The van der Waals surface area contributed by atoms with Gasteiger partial charge in [0.25, 0.3) is 5.56 Å². The van der Waals surface area contributed by atoms with Crippen molar-refractivity contribution in [1.29, 1.82) is 0 Å². The van der Waals surface area contributed by atoms with Crippen LogP contribution in [0.5, 0.6) is 11.5 Å². The highest BCUT2D eigenvalue weighted by molar-refractivity contribution is 5.84. The normalized spacial score (nSPS) is 19.2. The maximum atomic E-state index is 14.4. The van der Waals surface area contributed by atoms with Crippen molar-refractivity contribution < 1.29 is 28.2 Å². The molecule has 6 rings (SSSR count). The molecule has 11 heteroatoms. The second-order valence-corrected chi connectivity index (χ2v) is 11.2. The molecule has 9 nitrogen and oxygen atoms in total. The lowest BCUT2D eigenvalue weighted by Crippen LogP contribution is -2.53. The molecule has 4 aromatic rings. The number of ether oxygens (including phenoxy) is 2. The SMILES string of the molecule is COc1cc2nc(N3CCC(Cc4ccccc4)(C(=O)NC4Cc5c(F)cc(F)cc5C4O)CC3)[nH]c(=O)c2cc1OC. The second kappa shape index (κ2) is 11.3. The van der Waals surface area contributed by atoms with E-state index < -0.39 is 29.2 Å². The van der Waals surface area contributed by atoms with Crippen molar-refractivity contribution in [3.05, 3.63) is 93.3 Å². The summed E-state index contributed by atoms with van der Waals surface area (Å²) >= 11 is 0. The Hall–Kier alpha value is -4.51. The zero-order valence-electron chi connectivity index (χ0n) is 23.8. The quantitative estimate of drug-likeness (QED) is 0.300. The van der Waals surface area contributed by atoms with Crippen LogP contribution < -0.4 is 25.2 Å². The summed E-state index contributed by atoms with van der Waals surface area (Å²) in [6.45, 7) is 0.852. The number of H-pyrrole nitrogens is 1. The lowest BCUT2D eigenvalue weighted by molar-refractivity contribution is -0.134. The number of rotatable bonds is 7. The minimum atomic E-state index is -1.22. The number of amides is 1. The summed E-state index contributed by atoms with van der Waals surface area (Å²) in [4.78, 5) is 36.5. The molecule has 2 heterocycles. The van der Waals surface area contributed by atoms with E-state index >= 15 is 0 Å². The number of nitrogens with zero attached hydrogens (tertiary/aromatic N) is 2. The zero-order valence-corrected chi connectivity index (χ0v) is 23.8. The van der Waals surface area contributed by atoms with E-state index in [4.69, 9.17) is 9.47 Å². The average molecular weight is 591 g/mol. The first-order valence-electron chi connectivity index (χ1n) is 14.1. The van der Waals surface area contributed by atoms with E-state index in [0.29, 0.717) is 60.7 Å². The molecule has 0 radical (unpaired) electrons. The highest BCUT2D eigenvalue weighted by Crippen LogP contribution is 2.39. The van der Waals surface area contributed by atoms with Gasteiger partial charge in [-0.2, -0.15) is 0 Å². The number of carbonyl (C=O) groups is 1. The van der Waals surface area contributed by atoms with E-state index in [1.807, 2.05) is 35.2 Å². The maximum absolute atomic E-state index is 14.4. The number of methoxy groups -OCH3 is 2. The van der Waals surface area contributed by atoms with Gasteiger partial charge in [0.2, 0.25) is 11.9 Å². The van der Waals surface area contributed by atoms with Gasteiger partial charge in [-0.3, -0.25) is 14.6 Å². The predicted octanol–water partition coefficient (Wildman–Crippen LogP) is 3.82. The number of fused-ring (bicyclic) bond motifs is 2. The Balaban J connectivity index is 1.25. The number of carbonyl (C=O) groups excluding carboxylic acids is 1. The molecule has 1 saturated heterocycles. The van der Waals surface area contributed by atoms with Gasteiger partial charge in [0.1, 0.15) is 11.6 Å². The zero-order chi connectivity index (χ0) is 30.3. The van der Waals surface area contributed by atoms with Crippen molar-refractivity contribution in [3.8, 4) is 11.5 Å². The summed E-state index contributed by atoms with van der Waals surface area (Å²) in [5, 5.41) is 14.2. The van der Waals surface area contributed by atoms with Crippen molar-refractivity contribution in [2.75, 3.05) is 32.2 Å². The van der Waals surface area contributed by atoms with Gasteiger partial charge in [0.15, 0.2) is 11.5 Å². The molecule has 1 amide bonds. The molecule has 43 heavy (non-hydrogen) atoms. The minimum Gasteiger partial charge on any atom is -0.493 e. The Bertz CT molecular complexity index is 1740. The van der Waals surface area contributed by atoms with Gasteiger partial charge in [-0.25, -0.2) is 13.8 Å². The Morgan fingerprint density at radius 3 is 2.49 bits per heavy atom. The maximum Gasteiger partial charge on any atom is 0.260 e. The highest BCUT2D eigenvalue weighted by Gasteiger charge is 2.44. The van der Waals surface area contributed by atoms with Crippen molar-refractivity contribution in [2.24, 2.45) is 5.41 Å². The lowest BCUT2D eigenvalue weighted by atomic mass is 9.72. The van der Waals surface area contributed by atoms with E-state index in [1.165, 1.54) is 14.2 Å². The standard InChI is InChI=1S/C32H32F2N4O5/c1-42-26-15-22-24(16-27(26)43-2)36-31(37-29(22)40)38-10-8-32(9-11-38,17-18-6-4-3-5-7-18)30(41)35-25-14-20-21(28(25)39)12-19(33)13-23(20)34/h3-7,12-13,15-16,25,28,39H,8-11,14,17H2,1-2H3,(H,35,41)(H,36,37,40). The number of benzene rings is 3. The lowest BCUT2D eigenvalue weighted by Gasteiger charge is -2.41. The van der Waals surface area contributed by atoms with Gasteiger partial charge in [-0.1, -0.05) is 30.3 Å². The molecule has 1 aliphatic heterocycles. The monoisotopic (exact) mass is 590 g/mol. The number of anilines is 1. The highest BCUT2D eigenvalue weighted by atomic mass is 19.1. The minimum absolute atomic E-state index is 0.0678. The van der Waals surface area contributed by atoms with Crippen LogP contribution >= 0.6 is 0 Å². The first-order valence-corrected chi connectivity index (χ1v) is 14.1. The Morgan fingerprint density at radius 1 is 1.09 bits per heavy atom. The molecule has 224 valence electrons. The molecular weight excluding hydrogens is 558 g/mol. The van der Waals surface area contributed by atoms with Crippen molar-refractivity contribution in [1.82, 2.24) is 15.3 Å². The molecule has 0 spiro atoms. The first-order chi connectivity index (χ1) is 20.7. The number of aliphatic hydroxyl groups is 1. The number of hydrogen-bond acceptors (Lipinski definition) is 7. The molecular formula is C32H32F2N4O5. The summed E-state index contributed by atoms with van der Waals surface area (Å²) in [5.41, 5.74) is 0.644. The molecule has 1 fully saturated rings. The molecule has 1 aliphatic carbocycles. The Morgan fingerprint density at radius 2 is 1.79 bits per heavy atom. The van der Waals surface area contributed by atoms with Gasteiger partial charge >= 0.3 is 0 Å². The number of aliphatic hydroxyl groups excluding tert-OH is 1. The molecule has 0 bridgehead atoms. The van der Waals surface area contributed by atoms with Crippen LogP contribution in [0.3, 0.4) is 0 Å². The van der Waals surface area contributed by atoms with E-state index in [9.17, 15) is 23.5 Å². The van der Waals surface area contributed by atoms with Crippen LogP contribution in [0.1, 0.15) is 35.6 Å². The fourth-order valence-electron chi connectivity index (χ4n) is 6.32. The molecule has 2 atom stereocenters. The smallest absolute Gasteiger partial charge is 0.260 e. The van der Waals surface area contributed by atoms with Gasteiger partial charge in [-0.05, 0) is 54.5 Å². The molecule has 1 aromatic heterocycles. The Labute approximate surface area is 246 Å². The summed E-state index contributed by atoms with van der Waals surface area (Å²) < 4.78 is 39.0. The third-order valence-electron chi connectivity index (χ3n) is 8.72. The van der Waals surface area contributed by atoms with Gasteiger partial charge in [0.05, 0.1) is 42.7 Å². The van der Waals surface area contributed by atoms with Crippen LogP contribution in [0.4, 0.5) is 14.7 Å². The van der Waals surface area contributed by atoms with Gasteiger partial charge in [0, 0.05) is 25.2 Å². The fourth-order valence-corrected chi connectivity index (χ4v) is 6.32. The summed E-state index contributed by atoms with van der Waals surface area (Å²) in [5.74, 6) is -0.495. The van der Waals surface area contributed by atoms with Crippen LogP contribution in [0.2, 0.25) is 0 Å². The van der Waals surface area contributed by atoms with Crippen molar-refractivity contribution in [2.45, 2.75) is 37.8 Å². The van der Waals surface area contributed by atoms with Crippen molar-refractivity contribution in [3.63, 3.8) is 0 Å². The average Bonchev–Trinajstić information content (AvgIpc) is 3.32. The predicted molar refractivity (Wildman–Crippen MR) is 156 cm³/mol. The topological polar surface area (TPSA) is 117 Å². The number of aromatic nitrogens is 2. The summed E-state index contributed by atoms with van der Waals surface area (Å²) in [6, 6.07) is 14.0. The van der Waals surface area contributed by atoms with Gasteiger partial charge in [-0.15, -0.1) is 0 Å². The number of hydrogen-bond donors (Lipinski definition) is 3. The van der Waals surface area contributed by atoms with E-state index in [-0.39, 0.29) is 29.0 Å². The van der Waals surface area contributed by atoms with E-state index in [2.05, 4.69) is 15.3 Å². The van der Waals surface area contributed by atoms with E-state index in [1.54, 1.807) is 12.1 Å². The summed E-state index contributed by atoms with van der Waals surface area (Å²) in [7, 11) is 3.01. The summed E-state index contributed by atoms with van der Waals surface area (Å²) in [6.07, 6.45) is 0.157. The van der Waals surface area contributed by atoms with Gasteiger partial charge < -0.3 is 24.8 Å². The van der Waals surface area contributed by atoms with Crippen molar-refractivity contribution >= 4 is 22.8 Å². The molecule has 3 aromatic carbocycles. The number of piperidine rings is 1. The number of halogens is 2. The van der Waals surface area contributed by atoms with Crippen LogP contribution in [-0.2, 0) is 17.6 Å². The van der Waals surface area contributed by atoms with Crippen LogP contribution in [0.15, 0.2) is 59.4 Å². The largest absolute Gasteiger partial charge is 0.493 e. The molecule has 2 unspecified atom stereocenters. The number of nitrogens with one attached hydrogen (secondary N) is 2. The number of aromatic amines is 1. The van der Waals surface area contributed by atoms with E-state index in [0.717, 1.165) is 17.7 Å². The van der Waals surface area contributed by atoms with Crippen LogP contribution in [-0.4, -0.2) is 54.3 Å². The van der Waals surface area contributed by atoms with Crippen LogP contribution in [0.25, 0.3) is 10.9 Å². The molecule has 3 N–H and O–H groups in total. The van der Waals surface area contributed by atoms with Crippen LogP contribution in [0, 0.1) is 17.0 Å². The Kier molecular flexibility index (Phi) is 7.51. The second-order valence-electron chi connectivity index (χ2n) is 11.2. The fraction of sp³-hybridized carbons (Fsp3) is 0.344. The third-order valence-corrected chi connectivity index (χ3v) is 8.72. The first kappa shape index (κ1) is 28.6. The molecule has 0 saturated carbocycles. The third kappa shape index (κ3) is 5.29. The molecule has 2 aliphatic rings.